The Hall–Kier alpha value is -7.23. The lowest BCUT2D eigenvalue weighted by Crippen LogP contribution is -1.96. The highest BCUT2D eigenvalue weighted by Crippen LogP contribution is 2.42. The molecule has 0 bridgehead atoms. The zero-order valence-corrected chi connectivity index (χ0v) is 29.4. The van der Waals surface area contributed by atoms with Crippen LogP contribution in [0.3, 0.4) is 0 Å². The first-order valence-corrected chi connectivity index (χ1v) is 18.5. The van der Waals surface area contributed by atoms with Gasteiger partial charge < -0.3 is 9.13 Å². The van der Waals surface area contributed by atoms with Crippen molar-refractivity contribution in [2.75, 3.05) is 0 Å². The van der Waals surface area contributed by atoms with E-state index in [9.17, 15) is 0 Å². The van der Waals surface area contributed by atoms with Crippen LogP contribution in [0.25, 0.3) is 99.4 Å². The standard InChI is InChI=1S/C51H33N3/c1-3-14-34(15-4-1)39-32-45(36-17-5-2-6-18-36)52-46(33-39)38-20-13-21-40(31-38)53-48-25-12-10-23-44(48)50-49(53)29-28-43-42-22-9-11-24-47(42)54(51(43)50)41-27-26-35-16-7-8-19-37(35)30-41/h1-33H. The van der Waals surface area contributed by atoms with Crippen LogP contribution in [-0.4, -0.2) is 14.1 Å². The minimum absolute atomic E-state index is 0.941. The van der Waals surface area contributed by atoms with Crippen LogP contribution in [0.15, 0.2) is 200 Å². The zero-order chi connectivity index (χ0) is 35.6. The first-order chi connectivity index (χ1) is 26.8. The van der Waals surface area contributed by atoms with Crippen molar-refractivity contribution in [2.45, 2.75) is 0 Å². The van der Waals surface area contributed by atoms with E-state index in [-0.39, 0.29) is 0 Å². The zero-order valence-electron chi connectivity index (χ0n) is 29.4. The molecule has 252 valence electrons. The lowest BCUT2D eigenvalue weighted by molar-refractivity contribution is 1.17. The van der Waals surface area contributed by atoms with E-state index in [4.69, 9.17) is 4.98 Å². The third-order valence-electron chi connectivity index (χ3n) is 10.9. The highest BCUT2D eigenvalue weighted by atomic mass is 15.0. The summed E-state index contributed by atoms with van der Waals surface area (Å²) in [4.78, 5) is 5.27. The molecule has 3 heteroatoms. The van der Waals surface area contributed by atoms with Gasteiger partial charge in [-0.25, -0.2) is 4.98 Å². The van der Waals surface area contributed by atoms with E-state index in [1.165, 1.54) is 59.9 Å². The van der Waals surface area contributed by atoms with Crippen LogP contribution in [0.4, 0.5) is 0 Å². The van der Waals surface area contributed by atoms with Gasteiger partial charge in [0.15, 0.2) is 0 Å². The number of pyridine rings is 1. The molecule has 0 N–H and O–H groups in total. The molecule has 0 unspecified atom stereocenters. The minimum atomic E-state index is 0.941. The van der Waals surface area contributed by atoms with Gasteiger partial charge in [0.25, 0.3) is 0 Å². The molecule has 11 rings (SSSR count). The van der Waals surface area contributed by atoms with Crippen LogP contribution in [0, 0.1) is 0 Å². The van der Waals surface area contributed by atoms with Crippen LogP contribution >= 0.6 is 0 Å². The second-order valence-electron chi connectivity index (χ2n) is 14.0. The number of rotatable bonds is 5. The Morgan fingerprint density at radius 1 is 0.315 bits per heavy atom. The number of fused-ring (bicyclic) bond motifs is 8. The summed E-state index contributed by atoms with van der Waals surface area (Å²) in [7, 11) is 0. The topological polar surface area (TPSA) is 22.8 Å². The summed E-state index contributed by atoms with van der Waals surface area (Å²) in [6.07, 6.45) is 0. The van der Waals surface area contributed by atoms with E-state index in [1.54, 1.807) is 0 Å². The lowest BCUT2D eigenvalue weighted by Gasteiger charge is -2.13. The number of hydrogen-bond donors (Lipinski definition) is 0. The van der Waals surface area contributed by atoms with E-state index in [1.807, 2.05) is 0 Å². The number of nitrogens with zero attached hydrogens (tertiary/aromatic N) is 3. The van der Waals surface area contributed by atoms with Crippen LogP contribution in [0.5, 0.6) is 0 Å². The van der Waals surface area contributed by atoms with E-state index < -0.39 is 0 Å². The Morgan fingerprint density at radius 3 is 1.72 bits per heavy atom. The van der Waals surface area contributed by atoms with Crippen molar-refractivity contribution in [3.8, 4) is 45.0 Å². The molecule has 3 nitrogen and oxygen atoms in total. The quantitative estimate of drug-likeness (QED) is 0.177. The summed E-state index contributed by atoms with van der Waals surface area (Å²) in [5.41, 5.74) is 13.4. The van der Waals surface area contributed by atoms with Crippen molar-refractivity contribution in [3.05, 3.63) is 200 Å². The Kier molecular flexibility index (Phi) is 6.86. The second kappa shape index (κ2) is 12.2. The molecular weight excluding hydrogens is 655 g/mol. The van der Waals surface area contributed by atoms with Gasteiger partial charge in [-0.05, 0) is 76.5 Å². The number of para-hydroxylation sites is 2. The summed E-state index contributed by atoms with van der Waals surface area (Å²) < 4.78 is 4.89. The summed E-state index contributed by atoms with van der Waals surface area (Å²) in [5.74, 6) is 0. The predicted octanol–water partition coefficient (Wildman–Crippen LogP) is 13.4. The molecule has 0 spiro atoms. The average molecular weight is 688 g/mol. The fraction of sp³-hybridized carbons (Fsp3) is 0. The van der Waals surface area contributed by atoms with Crippen molar-refractivity contribution in [2.24, 2.45) is 0 Å². The molecule has 11 aromatic rings. The van der Waals surface area contributed by atoms with E-state index >= 15 is 0 Å². The molecule has 3 aromatic heterocycles. The molecule has 0 amide bonds. The molecule has 0 atom stereocenters. The normalized spacial score (nSPS) is 11.7. The molecule has 0 aliphatic heterocycles. The van der Waals surface area contributed by atoms with Gasteiger partial charge in [0, 0.05) is 44.0 Å². The first-order valence-electron chi connectivity index (χ1n) is 18.5. The summed E-state index contributed by atoms with van der Waals surface area (Å²) in [5, 5.41) is 7.44. The van der Waals surface area contributed by atoms with E-state index in [0.29, 0.717) is 0 Å². The Balaban J connectivity index is 1.16. The van der Waals surface area contributed by atoms with Gasteiger partial charge in [0.1, 0.15) is 0 Å². The third-order valence-corrected chi connectivity index (χ3v) is 10.9. The van der Waals surface area contributed by atoms with Crippen molar-refractivity contribution >= 4 is 54.4 Å². The van der Waals surface area contributed by atoms with Gasteiger partial charge in [-0.2, -0.15) is 0 Å². The SMILES string of the molecule is c1ccc(-c2cc(-c3ccccc3)nc(-c3cccc(-n4c5ccccc5c5c4ccc4c6ccccc6n(-c6ccc7ccccc7c6)c45)c3)c2)cc1. The van der Waals surface area contributed by atoms with Crippen molar-refractivity contribution in [1.82, 2.24) is 14.1 Å². The van der Waals surface area contributed by atoms with Gasteiger partial charge in [-0.15, -0.1) is 0 Å². The smallest absolute Gasteiger partial charge is 0.0716 e. The summed E-state index contributed by atoms with van der Waals surface area (Å²) in [6, 6.07) is 72.0. The number of hydrogen-bond acceptors (Lipinski definition) is 1. The van der Waals surface area contributed by atoms with Gasteiger partial charge in [0.05, 0.1) is 33.5 Å². The third kappa shape index (κ3) is 4.79. The highest BCUT2D eigenvalue weighted by molar-refractivity contribution is 6.26. The molecule has 0 fully saturated rings. The van der Waals surface area contributed by atoms with Crippen molar-refractivity contribution in [3.63, 3.8) is 0 Å². The Bertz CT molecular complexity index is 3150. The Morgan fingerprint density at radius 2 is 0.926 bits per heavy atom. The maximum Gasteiger partial charge on any atom is 0.0716 e. The van der Waals surface area contributed by atoms with Crippen LogP contribution in [0.2, 0.25) is 0 Å². The van der Waals surface area contributed by atoms with Gasteiger partial charge in [-0.3, -0.25) is 0 Å². The molecule has 8 aromatic carbocycles. The molecule has 0 radical (unpaired) electrons. The predicted molar refractivity (Wildman–Crippen MR) is 227 cm³/mol. The van der Waals surface area contributed by atoms with Crippen molar-refractivity contribution < 1.29 is 0 Å². The van der Waals surface area contributed by atoms with E-state index in [2.05, 4.69) is 209 Å². The molecule has 0 saturated carbocycles. The number of benzene rings is 8. The van der Waals surface area contributed by atoms with Gasteiger partial charge in [0.2, 0.25) is 0 Å². The van der Waals surface area contributed by atoms with Gasteiger partial charge in [-0.1, -0.05) is 146 Å². The van der Waals surface area contributed by atoms with E-state index in [0.717, 1.165) is 39.5 Å². The van der Waals surface area contributed by atoms with Gasteiger partial charge >= 0.3 is 0 Å². The lowest BCUT2D eigenvalue weighted by atomic mass is 10.00. The maximum absolute atomic E-state index is 5.27. The monoisotopic (exact) mass is 687 g/mol. The molecular formula is C51H33N3. The van der Waals surface area contributed by atoms with Crippen molar-refractivity contribution in [1.29, 1.82) is 0 Å². The molecule has 54 heavy (non-hydrogen) atoms. The molecule has 3 heterocycles. The van der Waals surface area contributed by atoms with Crippen LogP contribution in [-0.2, 0) is 0 Å². The largest absolute Gasteiger partial charge is 0.309 e. The second-order valence-corrected chi connectivity index (χ2v) is 14.0. The number of aromatic nitrogens is 3. The highest BCUT2D eigenvalue weighted by Gasteiger charge is 2.21. The fourth-order valence-electron chi connectivity index (χ4n) is 8.41. The molecule has 0 aliphatic carbocycles. The fourth-order valence-corrected chi connectivity index (χ4v) is 8.41. The maximum atomic E-state index is 5.27. The van der Waals surface area contributed by atoms with Crippen LogP contribution in [0.1, 0.15) is 0 Å². The molecule has 0 aliphatic rings. The summed E-state index contributed by atoms with van der Waals surface area (Å²) in [6.45, 7) is 0. The first kappa shape index (κ1) is 30.4. The summed E-state index contributed by atoms with van der Waals surface area (Å²) >= 11 is 0. The Labute approximate surface area is 312 Å². The minimum Gasteiger partial charge on any atom is -0.309 e. The average Bonchev–Trinajstić information content (AvgIpc) is 3.77. The molecule has 0 saturated heterocycles. The van der Waals surface area contributed by atoms with Crippen LogP contribution < -0.4 is 0 Å².